The van der Waals surface area contributed by atoms with Crippen LogP contribution in [0.4, 0.5) is 0 Å². The number of aryl methyl sites for hydroxylation is 1. The number of hydrogen-bond acceptors (Lipinski definition) is 4. The predicted molar refractivity (Wildman–Crippen MR) is 277 cm³/mol. The average Bonchev–Trinajstić information content (AvgIpc) is 3.85. The summed E-state index contributed by atoms with van der Waals surface area (Å²) in [5.41, 5.74) is 16.1. The van der Waals surface area contributed by atoms with Gasteiger partial charge in [-0.3, -0.25) is 4.98 Å². The topological polar surface area (TPSA) is 56.7 Å². The quantitative estimate of drug-likeness (QED) is 0.107. The van der Waals surface area contributed by atoms with E-state index >= 15 is 0 Å². The molecule has 0 bridgehead atoms. The molecule has 0 saturated heterocycles. The molecule has 4 aromatic heterocycles. The second-order valence-corrected chi connectivity index (χ2v) is 25.8. The van der Waals surface area contributed by atoms with E-state index in [0.29, 0.717) is 11.6 Å². The summed E-state index contributed by atoms with van der Waals surface area (Å²) < 4.78 is 9.04. The van der Waals surface area contributed by atoms with Gasteiger partial charge in [-0.15, -0.1) is 53.6 Å². The molecule has 9 aromatic rings. The number of imidazole rings is 1. The maximum atomic E-state index is 6.68. The van der Waals surface area contributed by atoms with Crippen LogP contribution in [-0.2, 0) is 31.9 Å². The van der Waals surface area contributed by atoms with E-state index in [4.69, 9.17) is 14.4 Å². The van der Waals surface area contributed by atoms with E-state index in [1.807, 2.05) is 18.2 Å². The number of nitrogens with zero attached hydrogens (tertiary/aromatic N) is 4. The summed E-state index contributed by atoms with van der Waals surface area (Å²) in [5.74, 6) is 2.06. The first-order valence-electron chi connectivity index (χ1n) is 23.3. The van der Waals surface area contributed by atoms with E-state index in [-0.39, 0.29) is 37.4 Å². The summed E-state index contributed by atoms with van der Waals surface area (Å²) in [7, 11) is -1.34. The van der Waals surface area contributed by atoms with Crippen LogP contribution in [0, 0.1) is 25.0 Å². The Morgan fingerprint density at radius 1 is 0.742 bits per heavy atom. The van der Waals surface area contributed by atoms with Gasteiger partial charge in [-0.1, -0.05) is 154 Å². The number of aromatic nitrogens is 4. The number of hydrogen-bond donors (Lipinski definition) is 0. The molecule has 5 aromatic carbocycles. The molecule has 4 heterocycles. The molecule has 0 unspecified atom stereocenters. The fraction of sp³-hybridized carbons (Fsp3) is 0.305. The van der Waals surface area contributed by atoms with Gasteiger partial charge in [0.2, 0.25) is 5.71 Å². The van der Waals surface area contributed by atoms with Crippen molar-refractivity contribution >= 4 is 46.4 Å². The third-order valence-electron chi connectivity index (χ3n) is 12.3. The van der Waals surface area contributed by atoms with Gasteiger partial charge < -0.3 is 14.0 Å². The van der Waals surface area contributed by atoms with E-state index in [9.17, 15) is 0 Å². The van der Waals surface area contributed by atoms with Crippen LogP contribution in [0.3, 0.4) is 0 Å². The van der Waals surface area contributed by atoms with Crippen LogP contribution in [0.5, 0.6) is 0 Å². The number of benzene rings is 5. The van der Waals surface area contributed by atoms with E-state index in [1.165, 1.54) is 38.7 Å². The third-order valence-corrected chi connectivity index (χ3v) is 14.4. The minimum atomic E-state index is -1.34. The van der Waals surface area contributed by atoms with Crippen molar-refractivity contribution in [2.24, 2.45) is 5.92 Å². The maximum Gasteiger partial charge on any atom is 0.216 e. The zero-order valence-corrected chi connectivity index (χ0v) is 44.4. The molecule has 66 heavy (non-hydrogen) atoms. The van der Waals surface area contributed by atoms with Gasteiger partial charge >= 0.3 is 0 Å². The van der Waals surface area contributed by atoms with Crippen molar-refractivity contribution in [3.8, 4) is 39.5 Å². The Kier molecular flexibility index (Phi) is 14.2. The predicted octanol–water partition coefficient (Wildman–Crippen LogP) is 15.6. The molecule has 0 amide bonds. The Balaban J connectivity index is 0.000000260. The van der Waals surface area contributed by atoms with Crippen LogP contribution in [0.25, 0.3) is 72.6 Å². The van der Waals surface area contributed by atoms with Gasteiger partial charge in [-0.05, 0) is 93.7 Å². The first-order valence-corrected chi connectivity index (χ1v) is 26.8. The van der Waals surface area contributed by atoms with Crippen molar-refractivity contribution in [3.05, 3.63) is 162 Å². The maximum absolute atomic E-state index is 6.68. The summed E-state index contributed by atoms with van der Waals surface area (Å²) in [6.07, 6.45) is 3.24. The number of fused-ring (bicyclic) bond motifs is 4. The summed E-state index contributed by atoms with van der Waals surface area (Å²) in [6, 6.07) is 47.4. The van der Waals surface area contributed by atoms with Crippen LogP contribution in [-0.4, -0.2) is 27.6 Å². The van der Waals surface area contributed by atoms with E-state index in [1.54, 1.807) is 0 Å². The molecule has 5 nitrogen and oxygen atoms in total. The van der Waals surface area contributed by atoms with E-state index in [2.05, 4.69) is 214 Å². The fourth-order valence-corrected chi connectivity index (χ4v) is 10.6. The van der Waals surface area contributed by atoms with Crippen molar-refractivity contribution in [3.63, 3.8) is 0 Å². The SMILES string of the molecule is CC(C)Cc1cc(-c2[c-]cccc2)ncc1[Si](C)(C)C.Cc1c[c-]c(-c2nc3ccccc3n2-c2c(C(C)C)cc(-c3ccccc3)cc2C(C)C)c2oc3nc(C(C)(C)C)ccc3c12.[Ir]. The molecule has 341 valence electrons. The second-order valence-electron chi connectivity index (χ2n) is 20.7. The first kappa shape index (κ1) is 48.5. The second kappa shape index (κ2) is 19.4. The molecular weight excluding hydrogens is 1000 g/mol. The number of rotatable bonds is 9. The van der Waals surface area contributed by atoms with Crippen LogP contribution >= 0.6 is 0 Å². The molecule has 0 aliphatic heterocycles. The van der Waals surface area contributed by atoms with Crippen LogP contribution < -0.4 is 5.19 Å². The summed E-state index contributed by atoms with van der Waals surface area (Å²) in [5, 5.41) is 3.58. The fourth-order valence-electron chi connectivity index (χ4n) is 8.96. The molecule has 0 aliphatic rings. The Hall–Kier alpha value is -5.46. The molecule has 1 radical (unpaired) electrons. The number of furan rings is 1. The summed E-state index contributed by atoms with van der Waals surface area (Å²) in [4.78, 5) is 15.0. The van der Waals surface area contributed by atoms with Gasteiger partial charge in [0.15, 0.2) is 0 Å². The van der Waals surface area contributed by atoms with Gasteiger partial charge in [0.1, 0.15) is 0 Å². The molecule has 9 rings (SSSR count). The number of para-hydroxylation sites is 2. The largest absolute Gasteiger partial charge is 0.486 e. The van der Waals surface area contributed by atoms with Crippen LogP contribution in [0.15, 0.2) is 126 Å². The smallest absolute Gasteiger partial charge is 0.216 e. The molecule has 0 fully saturated rings. The van der Waals surface area contributed by atoms with Gasteiger partial charge in [-0.25, -0.2) is 4.98 Å². The molecule has 0 atom stereocenters. The normalized spacial score (nSPS) is 12.1. The van der Waals surface area contributed by atoms with Crippen molar-refractivity contribution < 1.29 is 24.5 Å². The Morgan fingerprint density at radius 2 is 1.41 bits per heavy atom. The van der Waals surface area contributed by atoms with Gasteiger partial charge in [0, 0.05) is 48.5 Å². The van der Waals surface area contributed by atoms with Gasteiger partial charge in [0.05, 0.1) is 30.5 Å². The minimum absolute atomic E-state index is 0. The molecular formula is C59H64IrN4OSi-2. The molecule has 0 saturated carbocycles. The van der Waals surface area contributed by atoms with Crippen molar-refractivity contribution in [1.29, 1.82) is 0 Å². The molecule has 7 heteroatoms. The number of pyridine rings is 2. The van der Waals surface area contributed by atoms with Crippen molar-refractivity contribution in [1.82, 2.24) is 19.5 Å². The third kappa shape index (κ3) is 9.81. The van der Waals surface area contributed by atoms with E-state index < -0.39 is 8.07 Å². The standard InChI is InChI=1S/C41H40N3O.C18H24NSi.Ir/c1-24(2)31-22-28(27-14-10-9-11-15-27)23-32(25(3)4)37(31)44-34-17-13-12-16-33(34)42-39(44)30-19-18-26(5)36-29-20-21-35(41(6,7)8)43-40(29)45-38(30)36;1-14(2)11-16-12-17(15-9-7-6-8-10-15)19-13-18(16)20(3,4)5;/h9-18,20-25H,1-8H3;6-9,12-14H,11H2,1-5H3;/q2*-1;. The Labute approximate surface area is 407 Å². The average molecular weight is 1070 g/mol. The summed E-state index contributed by atoms with van der Waals surface area (Å²) >= 11 is 0. The molecule has 0 spiro atoms. The monoisotopic (exact) mass is 1070 g/mol. The first-order chi connectivity index (χ1) is 30.9. The Bertz CT molecular complexity index is 3100. The molecule has 0 N–H and O–H groups in total. The van der Waals surface area contributed by atoms with Gasteiger partial charge in [-0.2, -0.15) is 0 Å². The van der Waals surface area contributed by atoms with Gasteiger partial charge in [0.25, 0.3) is 0 Å². The van der Waals surface area contributed by atoms with Crippen LogP contribution in [0.2, 0.25) is 19.6 Å². The van der Waals surface area contributed by atoms with Crippen molar-refractivity contribution in [2.75, 3.05) is 0 Å². The van der Waals surface area contributed by atoms with Crippen LogP contribution in [0.1, 0.15) is 102 Å². The minimum Gasteiger partial charge on any atom is -0.486 e. The Morgan fingerprint density at radius 3 is 2.03 bits per heavy atom. The van der Waals surface area contributed by atoms with Crippen molar-refractivity contribution in [2.45, 2.75) is 113 Å². The zero-order valence-electron chi connectivity index (χ0n) is 41.0. The summed E-state index contributed by atoms with van der Waals surface area (Å²) in [6.45, 7) is 29.5. The zero-order chi connectivity index (χ0) is 46.4. The molecule has 0 aliphatic carbocycles. The van der Waals surface area contributed by atoms with E-state index in [0.717, 1.165) is 67.7 Å².